The summed E-state index contributed by atoms with van der Waals surface area (Å²) in [6.45, 7) is 6.23. The van der Waals surface area contributed by atoms with Crippen molar-refractivity contribution in [1.82, 2.24) is 30.0 Å². The second-order valence-electron chi connectivity index (χ2n) is 10.8. The fourth-order valence-corrected chi connectivity index (χ4v) is 6.06. The van der Waals surface area contributed by atoms with Crippen LogP contribution in [0, 0.1) is 5.82 Å². The van der Waals surface area contributed by atoms with Gasteiger partial charge in [0.05, 0.1) is 6.61 Å². The van der Waals surface area contributed by atoms with Crippen LogP contribution in [0.4, 0.5) is 21.7 Å². The molecule has 3 N–H and O–H groups in total. The summed E-state index contributed by atoms with van der Waals surface area (Å²) in [5.74, 6) is 1.86. The summed E-state index contributed by atoms with van der Waals surface area (Å²) in [6.07, 6.45) is 5.95. The molecule has 218 valence electrons. The van der Waals surface area contributed by atoms with Crippen LogP contribution < -0.4 is 25.4 Å². The first-order valence-electron chi connectivity index (χ1n) is 14.5. The lowest BCUT2D eigenvalue weighted by atomic mass is 10.0. The highest BCUT2D eigenvalue weighted by Gasteiger charge is 2.29. The molecule has 0 spiro atoms. The molecule has 0 atom stereocenters. The topological polar surface area (TPSA) is 118 Å². The Hall–Kier alpha value is -4.45. The highest BCUT2D eigenvalue weighted by atomic mass is 19.1. The molecule has 12 heteroatoms. The minimum Gasteiger partial charge on any atom is -0.491 e. The van der Waals surface area contributed by atoms with Gasteiger partial charge in [-0.25, -0.2) is 14.4 Å². The molecule has 3 aliphatic heterocycles. The van der Waals surface area contributed by atoms with Crippen LogP contribution in [0.1, 0.15) is 25.5 Å². The monoisotopic (exact) mass is 572 g/mol. The van der Waals surface area contributed by atoms with Crippen LogP contribution in [0.3, 0.4) is 0 Å². The first-order chi connectivity index (χ1) is 20.6. The first-order valence-corrected chi connectivity index (χ1v) is 14.5. The standard InChI is InChI=1S/C30H33FN8O3/c1-2-41-29-23(16-35-30-28(29)33-8-10-42-30)22-11-18-13-25(34-15-19(18)12-24(22)31)36-26-14-21-5-9-38(20-3-6-32-7-4-20)27(40)17-39(21)37-26/h11-16,20,32-33H,2-10,17H2,1H3,(H,34,36,37). The molecule has 0 radical (unpaired) electrons. The number of carbonyl (C=O) groups is 1. The Labute approximate surface area is 242 Å². The van der Waals surface area contributed by atoms with Crippen molar-refractivity contribution in [3.63, 3.8) is 0 Å². The van der Waals surface area contributed by atoms with Crippen molar-refractivity contribution in [2.75, 3.05) is 50.0 Å². The van der Waals surface area contributed by atoms with E-state index in [1.807, 2.05) is 24.0 Å². The Balaban J connectivity index is 1.15. The second-order valence-corrected chi connectivity index (χ2v) is 10.8. The van der Waals surface area contributed by atoms with E-state index in [0.717, 1.165) is 43.4 Å². The summed E-state index contributed by atoms with van der Waals surface area (Å²) in [4.78, 5) is 24.0. The predicted octanol–water partition coefficient (Wildman–Crippen LogP) is 3.72. The van der Waals surface area contributed by atoms with E-state index in [9.17, 15) is 4.79 Å². The molecule has 1 saturated heterocycles. The van der Waals surface area contributed by atoms with E-state index in [2.05, 4.69) is 31.0 Å². The van der Waals surface area contributed by atoms with Gasteiger partial charge in [0, 0.05) is 66.2 Å². The molecule has 11 nitrogen and oxygen atoms in total. The van der Waals surface area contributed by atoms with E-state index in [-0.39, 0.29) is 12.5 Å². The fourth-order valence-electron chi connectivity index (χ4n) is 6.06. The zero-order chi connectivity index (χ0) is 28.6. The van der Waals surface area contributed by atoms with Crippen molar-refractivity contribution in [2.45, 2.75) is 38.8 Å². The number of carbonyl (C=O) groups excluding carboxylic acids is 1. The third kappa shape index (κ3) is 4.95. The largest absolute Gasteiger partial charge is 0.491 e. The Morgan fingerprint density at radius 1 is 1.07 bits per heavy atom. The first kappa shape index (κ1) is 26.4. The van der Waals surface area contributed by atoms with Crippen LogP contribution >= 0.6 is 0 Å². The molecule has 3 aliphatic rings. The molecular weight excluding hydrogens is 539 g/mol. The quantitative estimate of drug-likeness (QED) is 0.318. The number of ether oxygens (including phenoxy) is 2. The van der Waals surface area contributed by atoms with Crippen LogP contribution in [-0.4, -0.2) is 76.0 Å². The number of pyridine rings is 2. The number of hydrogen-bond acceptors (Lipinski definition) is 9. The van der Waals surface area contributed by atoms with Crippen molar-refractivity contribution in [3.05, 3.63) is 48.2 Å². The number of halogens is 1. The highest BCUT2D eigenvalue weighted by Crippen LogP contribution is 2.43. The minimum absolute atomic E-state index is 0.110. The van der Waals surface area contributed by atoms with Gasteiger partial charge in [-0.15, -0.1) is 0 Å². The number of rotatable bonds is 6. The predicted molar refractivity (Wildman–Crippen MR) is 157 cm³/mol. The number of benzene rings is 1. The van der Waals surface area contributed by atoms with Gasteiger partial charge in [0.25, 0.3) is 0 Å². The smallest absolute Gasteiger partial charge is 0.244 e. The summed E-state index contributed by atoms with van der Waals surface area (Å²) in [5, 5.41) is 16.0. The van der Waals surface area contributed by atoms with E-state index < -0.39 is 5.82 Å². The summed E-state index contributed by atoms with van der Waals surface area (Å²) >= 11 is 0. The van der Waals surface area contributed by atoms with Gasteiger partial charge in [-0.2, -0.15) is 5.10 Å². The molecule has 7 rings (SSSR count). The maximum Gasteiger partial charge on any atom is 0.244 e. The minimum atomic E-state index is -0.398. The second kappa shape index (κ2) is 11.1. The van der Waals surface area contributed by atoms with E-state index in [0.29, 0.717) is 77.8 Å². The highest BCUT2D eigenvalue weighted by molar-refractivity contribution is 5.91. The number of amides is 1. The Morgan fingerprint density at radius 2 is 1.95 bits per heavy atom. The average molecular weight is 573 g/mol. The van der Waals surface area contributed by atoms with E-state index in [1.54, 1.807) is 23.1 Å². The van der Waals surface area contributed by atoms with Crippen molar-refractivity contribution in [2.24, 2.45) is 0 Å². The summed E-state index contributed by atoms with van der Waals surface area (Å²) in [5.41, 5.74) is 2.55. The van der Waals surface area contributed by atoms with Gasteiger partial charge in [0.2, 0.25) is 11.8 Å². The average Bonchev–Trinajstić information content (AvgIpc) is 3.30. The summed E-state index contributed by atoms with van der Waals surface area (Å²) < 4.78 is 28.8. The molecule has 6 heterocycles. The van der Waals surface area contributed by atoms with Gasteiger partial charge in [-0.05, 0) is 56.4 Å². The molecule has 1 fully saturated rings. The van der Waals surface area contributed by atoms with Crippen molar-refractivity contribution in [1.29, 1.82) is 0 Å². The molecule has 3 aromatic heterocycles. The number of fused-ring (bicyclic) bond motifs is 3. The van der Waals surface area contributed by atoms with Gasteiger partial charge >= 0.3 is 0 Å². The Bertz CT molecular complexity index is 1650. The maximum atomic E-state index is 15.4. The summed E-state index contributed by atoms with van der Waals surface area (Å²) in [7, 11) is 0. The summed E-state index contributed by atoms with van der Waals surface area (Å²) in [6, 6.07) is 7.38. The maximum absolute atomic E-state index is 15.4. The number of nitrogens with one attached hydrogen (secondary N) is 3. The Morgan fingerprint density at radius 3 is 2.81 bits per heavy atom. The van der Waals surface area contributed by atoms with E-state index in [4.69, 9.17) is 9.47 Å². The van der Waals surface area contributed by atoms with Crippen LogP contribution in [-0.2, 0) is 17.8 Å². The van der Waals surface area contributed by atoms with Crippen LogP contribution in [0.2, 0.25) is 0 Å². The lowest BCUT2D eigenvalue weighted by Crippen LogP contribution is -2.47. The van der Waals surface area contributed by atoms with Crippen LogP contribution in [0.5, 0.6) is 11.6 Å². The molecule has 0 bridgehead atoms. The number of hydrogen-bond donors (Lipinski definition) is 3. The molecule has 0 aliphatic carbocycles. The van der Waals surface area contributed by atoms with Crippen LogP contribution in [0.25, 0.3) is 21.9 Å². The van der Waals surface area contributed by atoms with Gasteiger partial charge in [-0.3, -0.25) is 9.48 Å². The number of aromatic nitrogens is 4. The van der Waals surface area contributed by atoms with Crippen molar-refractivity contribution < 1.29 is 18.7 Å². The normalized spacial score (nSPS) is 17.2. The van der Waals surface area contributed by atoms with Gasteiger partial charge in [-0.1, -0.05) is 0 Å². The molecule has 4 aromatic rings. The van der Waals surface area contributed by atoms with Gasteiger partial charge < -0.3 is 30.3 Å². The molecule has 0 unspecified atom stereocenters. The van der Waals surface area contributed by atoms with Gasteiger partial charge in [0.1, 0.15) is 30.5 Å². The van der Waals surface area contributed by atoms with E-state index >= 15 is 4.39 Å². The molecule has 1 aromatic carbocycles. The number of anilines is 3. The molecule has 0 saturated carbocycles. The molecule has 42 heavy (non-hydrogen) atoms. The SMILES string of the molecule is CCOc1c(-c2cc3cc(Nc4cc5n(n4)CC(=O)N(C4CCNCC4)CC5)ncc3cc2F)cnc2c1NCCO2. The lowest BCUT2D eigenvalue weighted by molar-refractivity contribution is -0.134. The number of nitrogens with zero attached hydrogens (tertiary/aromatic N) is 5. The Kier molecular flexibility index (Phi) is 6.98. The van der Waals surface area contributed by atoms with E-state index in [1.165, 1.54) is 6.07 Å². The number of piperidine rings is 1. The zero-order valence-corrected chi connectivity index (χ0v) is 23.5. The lowest BCUT2D eigenvalue weighted by Gasteiger charge is -2.33. The fraction of sp³-hybridized carbons (Fsp3) is 0.400. The van der Waals surface area contributed by atoms with Crippen molar-refractivity contribution in [3.8, 4) is 22.8 Å². The molecular formula is C30H33FN8O3. The van der Waals surface area contributed by atoms with Crippen LogP contribution in [0.15, 0.2) is 36.7 Å². The third-order valence-electron chi connectivity index (χ3n) is 8.11. The van der Waals surface area contributed by atoms with Gasteiger partial charge in [0.15, 0.2) is 11.6 Å². The zero-order valence-electron chi connectivity index (χ0n) is 23.5. The third-order valence-corrected chi connectivity index (χ3v) is 8.11. The molecule has 1 amide bonds. The van der Waals surface area contributed by atoms with Crippen molar-refractivity contribution >= 4 is 34.0 Å².